The molecule has 10 atom stereocenters. The minimum absolute atomic E-state index is 0.0989. The molecule has 4 heterocycles. The monoisotopic (exact) mass is 782 g/mol. The van der Waals surface area contributed by atoms with Crippen molar-refractivity contribution in [1.29, 1.82) is 0 Å². The summed E-state index contributed by atoms with van der Waals surface area (Å²) in [5.41, 5.74) is 4.11. The van der Waals surface area contributed by atoms with Gasteiger partial charge in [-0.3, -0.25) is 0 Å². The lowest BCUT2D eigenvalue weighted by atomic mass is 9.99. The van der Waals surface area contributed by atoms with Crippen molar-refractivity contribution in [2.24, 2.45) is 0 Å². The fourth-order valence-electron chi connectivity index (χ4n) is 7.88. The van der Waals surface area contributed by atoms with Crippen molar-refractivity contribution < 1.29 is 52.1 Å². The van der Waals surface area contributed by atoms with Crippen molar-refractivity contribution in [2.45, 2.75) is 127 Å². The highest BCUT2D eigenvalue weighted by Crippen LogP contribution is 2.44. The molecule has 0 amide bonds. The number of benzene rings is 4. The van der Waals surface area contributed by atoms with Gasteiger partial charge in [0.1, 0.15) is 48.8 Å². The zero-order chi connectivity index (χ0) is 39.2. The van der Waals surface area contributed by atoms with Gasteiger partial charge in [-0.2, -0.15) is 0 Å². The predicted octanol–water partition coefficient (Wildman–Crippen LogP) is 7.10. The average Bonchev–Trinajstić information content (AvgIpc) is 3.86. The van der Waals surface area contributed by atoms with Gasteiger partial charge in [-0.05, 0) is 49.9 Å². The molecule has 4 fully saturated rings. The summed E-state index contributed by atoms with van der Waals surface area (Å²) >= 11 is 0. The lowest BCUT2D eigenvalue weighted by Gasteiger charge is -2.37. The predicted molar refractivity (Wildman–Crippen MR) is 208 cm³/mol. The van der Waals surface area contributed by atoms with Crippen molar-refractivity contribution in [2.75, 3.05) is 13.2 Å². The van der Waals surface area contributed by atoms with Crippen LogP contribution in [0.3, 0.4) is 0 Å². The molecule has 11 nitrogen and oxygen atoms in total. The lowest BCUT2D eigenvalue weighted by molar-refractivity contribution is -0.263. The van der Waals surface area contributed by atoms with E-state index in [0.29, 0.717) is 26.4 Å². The summed E-state index contributed by atoms with van der Waals surface area (Å²) in [4.78, 5) is 0. The van der Waals surface area contributed by atoms with Gasteiger partial charge in [0.2, 0.25) is 0 Å². The molecule has 4 saturated heterocycles. The largest absolute Gasteiger partial charge is 0.374 e. The number of fused-ring (bicyclic) bond motifs is 3. The van der Waals surface area contributed by atoms with Gasteiger partial charge >= 0.3 is 0 Å². The highest BCUT2D eigenvalue weighted by atomic mass is 16.9. The normalized spacial score (nSPS) is 30.5. The summed E-state index contributed by atoms with van der Waals surface area (Å²) in [6.45, 7) is 9.25. The van der Waals surface area contributed by atoms with Crippen LogP contribution in [-0.2, 0) is 78.5 Å². The van der Waals surface area contributed by atoms with E-state index in [1.54, 1.807) is 0 Å². The first-order valence-electron chi connectivity index (χ1n) is 19.9. The molecule has 0 spiro atoms. The van der Waals surface area contributed by atoms with Gasteiger partial charge in [0.15, 0.2) is 24.2 Å². The van der Waals surface area contributed by atoms with Crippen molar-refractivity contribution in [3.05, 3.63) is 144 Å². The van der Waals surface area contributed by atoms with Crippen LogP contribution in [0.15, 0.2) is 121 Å². The molecule has 0 N–H and O–H groups in total. The van der Waals surface area contributed by atoms with Crippen molar-refractivity contribution in [1.82, 2.24) is 0 Å². The maximum Gasteiger partial charge on any atom is 0.190 e. The Labute approximate surface area is 335 Å². The van der Waals surface area contributed by atoms with Gasteiger partial charge in [-0.1, -0.05) is 121 Å². The van der Waals surface area contributed by atoms with Gasteiger partial charge < -0.3 is 52.1 Å². The second-order valence-corrected chi connectivity index (χ2v) is 15.9. The number of hydrogen-bond acceptors (Lipinski definition) is 11. The highest BCUT2D eigenvalue weighted by molar-refractivity contribution is 5.16. The summed E-state index contributed by atoms with van der Waals surface area (Å²) in [7, 11) is 0. The molecule has 0 bridgehead atoms. The molecule has 4 aliphatic heterocycles. The SMILES string of the molecule is CC1(C)O[C@H]2[C@@H](O1)[C@@H](COC1O[C@@H]([C@@H](COCc3ccccc3)OCc3ccccc3)[C@H](OCc3ccccc3)[C@H]1OCc1ccccc1)O[C@@H]1OC(C)(C)O[C@@H]12. The van der Waals surface area contributed by atoms with E-state index in [1.165, 1.54) is 0 Å². The van der Waals surface area contributed by atoms with Gasteiger partial charge in [0.05, 0.1) is 39.6 Å². The third-order valence-corrected chi connectivity index (χ3v) is 10.5. The Bertz CT molecular complexity index is 1810. The van der Waals surface area contributed by atoms with E-state index in [-0.39, 0.29) is 13.2 Å². The molecule has 4 aliphatic rings. The van der Waals surface area contributed by atoms with E-state index in [0.717, 1.165) is 22.3 Å². The topological polar surface area (TPSA) is 102 Å². The van der Waals surface area contributed by atoms with Crippen molar-refractivity contribution >= 4 is 0 Å². The first-order valence-corrected chi connectivity index (χ1v) is 19.9. The van der Waals surface area contributed by atoms with Crippen LogP contribution in [-0.4, -0.2) is 86.2 Å². The summed E-state index contributed by atoms with van der Waals surface area (Å²) in [6.07, 6.45) is -5.90. The Morgan fingerprint density at radius 1 is 0.509 bits per heavy atom. The van der Waals surface area contributed by atoms with Crippen LogP contribution in [0.2, 0.25) is 0 Å². The molecule has 4 aromatic rings. The van der Waals surface area contributed by atoms with E-state index < -0.39 is 73.0 Å². The molecule has 304 valence electrons. The quantitative estimate of drug-likeness (QED) is 0.110. The Morgan fingerprint density at radius 2 is 1.00 bits per heavy atom. The maximum atomic E-state index is 6.92. The van der Waals surface area contributed by atoms with E-state index in [9.17, 15) is 0 Å². The summed E-state index contributed by atoms with van der Waals surface area (Å²) in [5, 5.41) is 0. The molecule has 57 heavy (non-hydrogen) atoms. The maximum absolute atomic E-state index is 6.92. The summed E-state index contributed by atoms with van der Waals surface area (Å²) in [5.74, 6) is -1.69. The minimum Gasteiger partial charge on any atom is -0.374 e. The van der Waals surface area contributed by atoms with Gasteiger partial charge in [-0.25, -0.2) is 0 Å². The van der Waals surface area contributed by atoms with Crippen LogP contribution < -0.4 is 0 Å². The molecular formula is C46H54O11. The van der Waals surface area contributed by atoms with E-state index in [2.05, 4.69) is 0 Å². The Balaban J connectivity index is 1.07. The molecule has 0 saturated carbocycles. The molecule has 0 aliphatic carbocycles. The van der Waals surface area contributed by atoms with Gasteiger partial charge in [0.25, 0.3) is 0 Å². The minimum atomic E-state index is -0.872. The Hall–Kier alpha value is -3.56. The van der Waals surface area contributed by atoms with Crippen molar-refractivity contribution in [3.63, 3.8) is 0 Å². The zero-order valence-electron chi connectivity index (χ0n) is 33.1. The molecule has 0 aromatic heterocycles. The van der Waals surface area contributed by atoms with Gasteiger partial charge in [-0.15, -0.1) is 0 Å². The fraction of sp³-hybridized carbons (Fsp3) is 0.478. The standard InChI is InChI=1S/C46H54O11/c1-45(2)54-38-36(52-44-42(40(38)55-45)56-46(3,4)57-44)30-51-43-41(50-28-34-23-15-8-16-24-34)39(49-27-33-21-13-7-14-22-33)37(53-43)35(48-26-32-19-11-6-12-20-32)29-47-25-31-17-9-5-10-18-31/h5-24,35-44H,25-30H2,1-4H3/t35-,36-,37+,38+,39+,40+,41-,42-,43?,44-/m1/s1. The Morgan fingerprint density at radius 3 is 1.60 bits per heavy atom. The van der Waals surface area contributed by atoms with Crippen LogP contribution in [0, 0.1) is 0 Å². The van der Waals surface area contributed by atoms with Gasteiger partial charge in [0, 0.05) is 0 Å². The second kappa shape index (κ2) is 18.1. The molecule has 11 heteroatoms. The van der Waals surface area contributed by atoms with Crippen LogP contribution in [0.1, 0.15) is 49.9 Å². The van der Waals surface area contributed by atoms with Crippen LogP contribution >= 0.6 is 0 Å². The van der Waals surface area contributed by atoms with Crippen LogP contribution in [0.4, 0.5) is 0 Å². The number of hydrogen-bond donors (Lipinski definition) is 0. The van der Waals surface area contributed by atoms with Crippen molar-refractivity contribution in [3.8, 4) is 0 Å². The second-order valence-electron chi connectivity index (χ2n) is 15.9. The first kappa shape index (κ1) is 40.2. The zero-order valence-corrected chi connectivity index (χ0v) is 33.1. The molecule has 8 rings (SSSR count). The molecule has 4 aromatic carbocycles. The first-order chi connectivity index (χ1) is 27.7. The third kappa shape index (κ3) is 10.2. The van der Waals surface area contributed by atoms with E-state index in [4.69, 9.17) is 52.1 Å². The average molecular weight is 783 g/mol. The molecular weight excluding hydrogens is 728 g/mol. The Kier molecular flexibility index (Phi) is 12.8. The van der Waals surface area contributed by atoms with Crippen LogP contribution in [0.5, 0.6) is 0 Å². The third-order valence-electron chi connectivity index (χ3n) is 10.5. The fourth-order valence-corrected chi connectivity index (χ4v) is 7.88. The summed E-state index contributed by atoms with van der Waals surface area (Å²) < 4.78 is 72.0. The van der Waals surface area contributed by atoms with Crippen LogP contribution in [0.25, 0.3) is 0 Å². The highest BCUT2D eigenvalue weighted by Gasteiger charge is 2.61. The van der Waals surface area contributed by atoms with E-state index >= 15 is 0 Å². The molecule has 0 radical (unpaired) electrons. The van der Waals surface area contributed by atoms with E-state index in [1.807, 2.05) is 149 Å². The lowest BCUT2D eigenvalue weighted by Crippen LogP contribution is -2.56. The smallest absolute Gasteiger partial charge is 0.190 e. The summed E-state index contributed by atoms with van der Waals surface area (Å²) in [6, 6.07) is 40.2. The number of ether oxygens (including phenoxy) is 11. The number of rotatable bonds is 17. The molecule has 1 unspecified atom stereocenters.